The normalized spacial score (nSPS) is 14.0. The Morgan fingerprint density at radius 2 is 1.12 bits per heavy atom. The number of hydrogen-bond acceptors (Lipinski definition) is 4. The summed E-state index contributed by atoms with van der Waals surface area (Å²) in [5, 5.41) is 13.0. The first-order chi connectivity index (χ1) is 19.3. The van der Waals surface area contributed by atoms with Crippen LogP contribution in [0.2, 0.25) is 0 Å². The van der Waals surface area contributed by atoms with Crippen molar-refractivity contribution in [2.45, 2.75) is 161 Å². The van der Waals surface area contributed by atoms with Gasteiger partial charge in [0.2, 0.25) is 5.91 Å². The summed E-state index contributed by atoms with van der Waals surface area (Å²) in [7, 11) is -4.33. The van der Waals surface area contributed by atoms with Gasteiger partial charge in [0.15, 0.2) is 0 Å². The largest absolute Gasteiger partial charge is 0.387 e. The highest BCUT2D eigenvalue weighted by Gasteiger charge is 2.24. The highest BCUT2D eigenvalue weighted by molar-refractivity contribution is 7.85. The van der Waals surface area contributed by atoms with Crippen LogP contribution in [0.1, 0.15) is 149 Å². The maximum Gasteiger partial charge on any atom is 0.267 e. The fourth-order valence-electron chi connectivity index (χ4n) is 4.59. The number of amides is 1. The van der Waals surface area contributed by atoms with Crippen molar-refractivity contribution in [3.05, 3.63) is 36.5 Å². The molecule has 0 spiro atoms. The average Bonchev–Trinajstić information content (AvgIpc) is 2.90. The topological polar surface area (TPSA) is 104 Å². The number of rotatable bonds is 28. The summed E-state index contributed by atoms with van der Waals surface area (Å²) in [6, 6.07) is -1.05. The Morgan fingerprint density at radius 3 is 1.68 bits per heavy atom. The number of carbonyl (C=O) groups excluding carboxylic acids is 1. The molecule has 6 nitrogen and oxygen atoms in total. The predicted molar refractivity (Wildman–Crippen MR) is 170 cm³/mol. The van der Waals surface area contributed by atoms with E-state index in [1.54, 1.807) is 0 Å². The van der Waals surface area contributed by atoms with Crippen LogP contribution in [0.4, 0.5) is 0 Å². The van der Waals surface area contributed by atoms with Gasteiger partial charge in [0.25, 0.3) is 10.1 Å². The molecule has 0 bridgehead atoms. The van der Waals surface area contributed by atoms with Crippen molar-refractivity contribution in [3.8, 4) is 0 Å². The van der Waals surface area contributed by atoms with Gasteiger partial charge in [-0.25, -0.2) is 0 Å². The number of aliphatic hydroxyl groups excluding tert-OH is 1. The number of carbonyl (C=O) groups is 1. The molecule has 0 saturated heterocycles. The molecular weight excluding hydrogens is 522 g/mol. The first-order valence-electron chi connectivity index (χ1n) is 16.2. The van der Waals surface area contributed by atoms with Gasteiger partial charge in [0.05, 0.1) is 17.9 Å². The van der Waals surface area contributed by atoms with Crippen LogP contribution in [0.5, 0.6) is 0 Å². The summed E-state index contributed by atoms with van der Waals surface area (Å²) in [6.45, 7) is 4.38. The van der Waals surface area contributed by atoms with Gasteiger partial charge in [0, 0.05) is 6.42 Å². The van der Waals surface area contributed by atoms with E-state index in [1.807, 2.05) is 6.08 Å². The van der Waals surface area contributed by atoms with Crippen molar-refractivity contribution in [3.63, 3.8) is 0 Å². The minimum absolute atomic E-state index is 0.289. The van der Waals surface area contributed by atoms with E-state index in [0.717, 1.165) is 57.8 Å². The van der Waals surface area contributed by atoms with Crippen molar-refractivity contribution in [1.82, 2.24) is 5.32 Å². The van der Waals surface area contributed by atoms with Crippen molar-refractivity contribution >= 4 is 16.0 Å². The lowest BCUT2D eigenvalue weighted by Gasteiger charge is -2.21. The molecule has 0 radical (unpaired) electrons. The van der Waals surface area contributed by atoms with E-state index >= 15 is 0 Å². The lowest BCUT2D eigenvalue weighted by molar-refractivity contribution is -0.122. The Kier molecular flexibility index (Phi) is 26.7. The SMILES string of the molecule is CCCCC/C=C\C/C=C\CCCCCCCCCCCC(=O)NC(CS(=O)(=O)O)C(O)/C=C/CCCCCC. The Bertz CT molecular complexity index is 776. The summed E-state index contributed by atoms with van der Waals surface area (Å²) in [5.41, 5.74) is 0. The molecular formula is C33H61NO5S. The first-order valence-corrected chi connectivity index (χ1v) is 17.8. The number of unbranched alkanes of at least 4 members (excludes halogenated alkanes) is 16. The predicted octanol–water partition coefficient (Wildman–Crippen LogP) is 8.62. The molecule has 7 heteroatoms. The summed E-state index contributed by atoms with van der Waals surface area (Å²) in [5.74, 6) is -0.992. The van der Waals surface area contributed by atoms with Crippen LogP contribution in [-0.2, 0) is 14.9 Å². The number of aliphatic hydroxyl groups is 1. The minimum atomic E-state index is -4.33. The summed E-state index contributed by atoms with van der Waals surface area (Å²) >= 11 is 0. The highest BCUT2D eigenvalue weighted by atomic mass is 32.2. The van der Waals surface area contributed by atoms with E-state index in [2.05, 4.69) is 43.5 Å². The standard InChI is InChI=1S/C33H61NO5S/c1-3-5-7-9-11-12-13-14-15-16-17-18-19-20-21-22-23-25-27-29-33(36)34-31(30-40(37,38)39)32(35)28-26-24-10-8-6-4-2/h11-12,14-15,26,28,31-32,35H,3-10,13,16-25,27,29-30H2,1-2H3,(H,34,36)(H,37,38,39)/b12-11-,15-14-,28-26+. The molecule has 0 aromatic heterocycles. The lowest BCUT2D eigenvalue weighted by Crippen LogP contribution is -2.46. The van der Waals surface area contributed by atoms with E-state index in [1.165, 1.54) is 76.7 Å². The van der Waals surface area contributed by atoms with Crippen LogP contribution in [0, 0.1) is 0 Å². The minimum Gasteiger partial charge on any atom is -0.387 e. The Hall–Kier alpha value is -1.44. The van der Waals surface area contributed by atoms with E-state index in [0.29, 0.717) is 0 Å². The summed E-state index contributed by atoms with van der Waals surface area (Å²) in [4.78, 5) is 12.3. The number of nitrogens with one attached hydrogen (secondary N) is 1. The van der Waals surface area contributed by atoms with Crippen molar-refractivity contribution in [1.29, 1.82) is 0 Å². The molecule has 2 unspecified atom stereocenters. The molecule has 0 rings (SSSR count). The van der Waals surface area contributed by atoms with Gasteiger partial charge in [-0.1, -0.05) is 127 Å². The second kappa shape index (κ2) is 27.7. The third-order valence-electron chi connectivity index (χ3n) is 7.06. The van der Waals surface area contributed by atoms with Crippen LogP contribution >= 0.6 is 0 Å². The monoisotopic (exact) mass is 583 g/mol. The van der Waals surface area contributed by atoms with E-state index in [-0.39, 0.29) is 12.3 Å². The lowest BCUT2D eigenvalue weighted by atomic mass is 10.1. The van der Waals surface area contributed by atoms with Crippen LogP contribution in [0.25, 0.3) is 0 Å². The fraction of sp³-hybridized carbons (Fsp3) is 0.788. The molecule has 40 heavy (non-hydrogen) atoms. The van der Waals surface area contributed by atoms with Crippen LogP contribution in [-0.4, -0.2) is 41.9 Å². The van der Waals surface area contributed by atoms with Crippen LogP contribution < -0.4 is 5.32 Å². The second-order valence-corrected chi connectivity index (χ2v) is 12.6. The van der Waals surface area contributed by atoms with E-state index in [4.69, 9.17) is 0 Å². The Morgan fingerprint density at radius 1 is 0.675 bits per heavy atom. The Labute approximate surface area is 246 Å². The molecule has 3 N–H and O–H groups in total. The summed E-state index contributed by atoms with van der Waals surface area (Å²) in [6.07, 6.45) is 34.4. The molecule has 1 amide bonds. The molecule has 0 saturated carbocycles. The average molecular weight is 584 g/mol. The molecule has 0 aliphatic rings. The van der Waals surface area contributed by atoms with Gasteiger partial charge in [0.1, 0.15) is 0 Å². The zero-order valence-electron chi connectivity index (χ0n) is 25.7. The zero-order valence-corrected chi connectivity index (χ0v) is 26.5. The van der Waals surface area contributed by atoms with E-state index < -0.39 is 28.0 Å². The zero-order chi connectivity index (χ0) is 29.7. The number of allylic oxidation sites excluding steroid dienone is 5. The van der Waals surface area contributed by atoms with Crippen molar-refractivity contribution in [2.75, 3.05) is 5.75 Å². The van der Waals surface area contributed by atoms with E-state index in [9.17, 15) is 22.9 Å². The summed E-state index contributed by atoms with van der Waals surface area (Å²) < 4.78 is 32.0. The third-order valence-corrected chi connectivity index (χ3v) is 7.84. The first kappa shape index (κ1) is 38.6. The Balaban J connectivity index is 3.88. The quantitative estimate of drug-likeness (QED) is 0.0486. The number of hydrogen-bond donors (Lipinski definition) is 3. The molecule has 0 aromatic rings. The fourth-order valence-corrected chi connectivity index (χ4v) is 5.33. The molecule has 0 aliphatic carbocycles. The van der Waals surface area contributed by atoms with Gasteiger partial charge in [-0.3, -0.25) is 9.35 Å². The molecule has 0 aromatic carbocycles. The van der Waals surface area contributed by atoms with Crippen LogP contribution in [0.3, 0.4) is 0 Å². The maximum absolute atomic E-state index is 12.3. The van der Waals surface area contributed by atoms with Gasteiger partial charge in [-0.15, -0.1) is 0 Å². The molecule has 0 aliphatic heterocycles. The van der Waals surface area contributed by atoms with Gasteiger partial charge in [-0.05, 0) is 51.4 Å². The van der Waals surface area contributed by atoms with Crippen molar-refractivity contribution in [2.24, 2.45) is 0 Å². The van der Waals surface area contributed by atoms with Gasteiger partial charge >= 0.3 is 0 Å². The smallest absolute Gasteiger partial charge is 0.267 e. The van der Waals surface area contributed by atoms with Gasteiger partial charge < -0.3 is 10.4 Å². The van der Waals surface area contributed by atoms with Crippen molar-refractivity contribution < 1.29 is 22.9 Å². The maximum atomic E-state index is 12.3. The highest BCUT2D eigenvalue weighted by Crippen LogP contribution is 2.12. The second-order valence-electron chi connectivity index (χ2n) is 11.1. The van der Waals surface area contributed by atoms with Crippen LogP contribution in [0.15, 0.2) is 36.5 Å². The molecule has 0 heterocycles. The third kappa shape index (κ3) is 28.1. The molecule has 0 fully saturated rings. The molecule has 2 atom stereocenters. The molecule has 234 valence electrons. The van der Waals surface area contributed by atoms with Gasteiger partial charge in [-0.2, -0.15) is 8.42 Å².